The average molecular weight is 241 g/mol. The maximum absolute atomic E-state index is 3.30. The van der Waals surface area contributed by atoms with Crippen molar-refractivity contribution in [3.63, 3.8) is 0 Å². The second-order valence-electron chi connectivity index (χ2n) is 6.28. The van der Waals surface area contributed by atoms with Gasteiger partial charge in [0.25, 0.3) is 0 Å². The lowest BCUT2D eigenvalue weighted by atomic mass is 9.91. The lowest BCUT2D eigenvalue weighted by molar-refractivity contribution is 0.0992. The number of hydrogen-bond donors (Lipinski definition) is 1. The molecule has 0 amide bonds. The van der Waals surface area contributed by atoms with Crippen molar-refractivity contribution < 1.29 is 0 Å². The highest BCUT2D eigenvalue weighted by atomic mass is 15.2. The summed E-state index contributed by atoms with van der Waals surface area (Å²) < 4.78 is 0. The normalized spacial score (nSPS) is 20.1. The fourth-order valence-corrected chi connectivity index (χ4v) is 3.02. The van der Waals surface area contributed by atoms with Crippen LogP contribution in [0, 0.1) is 5.41 Å². The molecule has 0 bridgehead atoms. The van der Waals surface area contributed by atoms with Crippen LogP contribution in [0.2, 0.25) is 0 Å². The summed E-state index contributed by atoms with van der Waals surface area (Å²) in [5.74, 6) is 0. The molecule has 1 heterocycles. The molecule has 0 aromatic heterocycles. The molecule has 1 fully saturated rings. The van der Waals surface area contributed by atoms with Crippen LogP contribution in [0.5, 0.6) is 0 Å². The minimum atomic E-state index is 0.366. The molecule has 17 heavy (non-hydrogen) atoms. The average Bonchev–Trinajstić information content (AvgIpc) is 2.28. The van der Waals surface area contributed by atoms with E-state index in [-0.39, 0.29) is 0 Å². The van der Waals surface area contributed by atoms with E-state index in [0.29, 0.717) is 5.41 Å². The highest BCUT2D eigenvalue weighted by molar-refractivity contribution is 4.82. The smallest absolute Gasteiger partial charge is 0.0117 e. The van der Waals surface area contributed by atoms with E-state index in [9.17, 15) is 0 Å². The first-order valence-electron chi connectivity index (χ1n) is 7.05. The van der Waals surface area contributed by atoms with E-state index in [2.05, 4.69) is 42.9 Å². The van der Waals surface area contributed by atoms with E-state index in [1.54, 1.807) is 0 Å². The number of piperidine rings is 1. The van der Waals surface area contributed by atoms with Crippen molar-refractivity contribution in [2.45, 2.75) is 39.7 Å². The first-order chi connectivity index (χ1) is 7.98. The summed E-state index contributed by atoms with van der Waals surface area (Å²) in [5, 5.41) is 3.30. The Morgan fingerprint density at radius 1 is 1.29 bits per heavy atom. The molecule has 0 unspecified atom stereocenters. The molecule has 1 aliphatic rings. The Balaban J connectivity index is 2.36. The number of rotatable bonds is 6. The molecular weight excluding hydrogens is 210 g/mol. The van der Waals surface area contributed by atoms with Crippen LogP contribution in [-0.4, -0.2) is 62.7 Å². The second kappa shape index (κ2) is 6.72. The minimum absolute atomic E-state index is 0.366. The third-order valence-electron chi connectivity index (χ3n) is 3.96. The number of nitrogens with zero attached hydrogens (tertiary/aromatic N) is 2. The summed E-state index contributed by atoms with van der Waals surface area (Å²) in [6, 6.07) is 0.786. The van der Waals surface area contributed by atoms with E-state index in [0.717, 1.165) is 12.6 Å². The number of nitrogens with one attached hydrogen (secondary N) is 1. The van der Waals surface area contributed by atoms with Crippen LogP contribution in [0.1, 0.15) is 33.6 Å². The maximum Gasteiger partial charge on any atom is 0.0117 e. The lowest BCUT2D eigenvalue weighted by Crippen LogP contribution is -2.47. The van der Waals surface area contributed by atoms with Crippen LogP contribution in [0.3, 0.4) is 0 Å². The Hall–Kier alpha value is -0.120. The topological polar surface area (TPSA) is 18.5 Å². The van der Waals surface area contributed by atoms with Gasteiger partial charge in [0.2, 0.25) is 0 Å². The van der Waals surface area contributed by atoms with Crippen LogP contribution in [-0.2, 0) is 0 Å². The van der Waals surface area contributed by atoms with Gasteiger partial charge in [-0.2, -0.15) is 0 Å². The van der Waals surface area contributed by atoms with Gasteiger partial charge in [-0.1, -0.05) is 20.8 Å². The van der Waals surface area contributed by atoms with Crippen molar-refractivity contribution in [1.82, 2.24) is 15.1 Å². The summed E-state index contributed by atoms with van der Waals surface area (Å²) in [7, 11) is 4.34. The number of hydrogen-bond acceptors (Lipinski definition) is 3. The predicted octanol–water partition coefficient (Wildman–Crippen LogP) is 1.65. The van der Waals surface area contributed by atoms with Crippen molar-refractivity contribution in [3.05, 3.63) is 0 Å². The summed E-state index contributed by atoms with van der Waals surface area (Å²) >= 11 is 0. The molecule has 1 aliphatic heterocycles. The Morgan fingerprint density at radius 3 is 2.35 bits per heavy atom. The second-order valence-corrected chi connectivity index (χ2v) is 6.28. The molecule has 0 radical (unpaired) electrons. The first kappa shape index (κ1) is 14.9. The van der Waals surface area contributed by atoms with Crippen LogP contribution < -0.4 is 5.32 Å². The van der Waals surface area contributed by atoms with E-state index in [4.69, 9.17) is 0 Å². The van der Waals surface area contributed by atoms with Crippen LogP contribution in [0.4, 0.5) is 0 Å². The minimum Gasteiger partial charge on any atom is -0.319 e. The van der Waals surface area contributed by atoms with Gasteiger partial charge in [-0.15, -0.1) is 0 Å². The monoisotopic (exact) mass is 241 g/mol. The zero-order valence-electron chi connectivity index (χ0n) is 12.4. The predicted molar refractivity (Wildman–Crippen MR) is 75.5 cm³/mol. The van der Waals surface area contributed by atoms with E-state index in [1.807, 2.05) is 7.05 Å². The zero-order chi connectivity index (χ0) is 12.9. The third-order valence-corrected chi connectivity index (χ3v) is 3.96. The van der Waals surface area contributed by atoms with Gasteiger partial charge >= 0.3 is 0 Å². The van der Waals surface area contributed by atoms with Crippen molar-refractivity contribution in [1.29, 1.82) is 0 Å². The number of likely N-dealkylation sites (tertiary alicyclic amines) is 1. The molecule has 1 rings (SSSR count). The highest BCUT2D eigenvalue weighted by Crippen LogP contribution is 2.21. The van der Waals surface area contributed by atoms with Gasteiger partial charge in [0.1, 0.15) is 0 Å². The summed E-state index contributed by atoms with van der Waals surface area (Å²) in [6.07, 6.45) is 2.67. The standard InChI is InChI=1S/C14H31N3/c1-6-17-9-7-13(8-10-17)16(5)12-14(2,3)11-15-4/h13,15H,6-12H2,1-5H3. The van der Waals surface area contributed by atoms with Gasteiger partial charge in [0, 0.05) is 19.1 Å². The fourth-order valence-electron chi connectivity index (χ4n) is 3.02. The summed E-state index contributed by atoms with van der Waals surface area (Å²) in [5.41, 5.74) is 0.366. The quantitative estimate of drug-likeness (QED) is 0.763. The van der Waals surface area contributed by atoms with Gasteiger partial charge in [-0.05, 0) is 52.0 Å². The molecule has 0 spiro atoms. The Labute approximate surface area is 108 Å². The summed E-state index contributed by atoms with van der Waals surface area (Å²) in [6.45, 7) is 13.0. The van der Waals surface area contributed by atoms with Gasteiger partial charge < -0.3 is 15.1 Å². The SMILES string of the molecule is CCN1CCC(N(C)CC(C)(C)CNC)CC1. The van der Waals surface area contributed by atoms with Crippen LogP contribution in [0.25, 0.3) is 0 Å². The largest absolute Gasteiger partial charge is 0.319 e. The van der Waals surface area contributed by atoms with Crippen LogP contribution in [0.15, 0.2) is 0 Å². The molecule has 3 heteroatoms. The Morgan fingerprint density at radius 2 is 1.88 bits per heavy atom. The molecular formula is C14H31N3. The zero-order valence-corrected chi connectivity index (χ0v) is 12.4. The van der Waals surface area contributed by atoms with Gasteiger partial charge in [-0.3, -0.25) is 0 Å². The lowest BCUT2D eigenvalue weighted by Gasteiger charge is -2.39. The fraction of sp³-hybridized carbons (Fsp3) is 1.00. The molecule has 0 saturated carbocycles. The van der Waals surface area contributed by atoms with E-state index < -0.39 is 0 Å². The molecule has 102 valence electrons. The molecule has 3 nitrogen and oxygen atoms in total. The summed E-state index contributed by atoms with van der Waals surface area (Å²) in [4.78, 5) is 5.13. The Bertz CT molecular complexity index is 208. The van der Waals surface area contributed by atoms with Crippen LogP contribution >= 0.6 is 0 Å². The van der Waals surface area contributed by atoms with Gasteiger partial charge in [-0.25, -0.2) is 0 Å². The van der Waals surface area contributed by atoms with Crippen molar-refractivity contribution in [2.75, 3.05) is 46.8 Å². The van der Waals surface area contributed by atoms with E-state index >= 15 is 0 Å². The van der Waals surface area contributed by atoms with Crippen molar-refractivity contribution in [3.8, 4) is 0 Å². The first-order valence-corrected chi connectivity index (χ1v) is 7.05. The maximum atomic E-state index is 3.30. The van der Waals surface area contributed by atoms with Gasteiger partial charge in [0.15, 0.2) is 0 Å². The van der Waals surface area contributed by atoms with Crippen molar-refractivity contribution >= 4 is 0 Å². The molecule has 1 saturated heterocycles. The molecule has 0 aromatic rings. The highest BCUT2D eigenvalue weighted by Gasteiger charge is 2.26. The third kappa shape index (κ3) is 4.94. The van der Waals surface area contributed by atoms with Gasteiger partial charge in [0.05, 0.1) is 0 Å². The molecule has 0 aromatic carbocycles. The Kier molecular flexibility index (Phi) is 5.90. The molecule has 0 atom stereocenters. The molecule has 1 N–H and O–H groups in total. The van der Waals surface area contributed by atoms with E-state index in [1.165, 1.54) is 39.0 Å². The molecule has 0 aliphatic carbocycles. The van der Waals surface area contributed by atoms with Crippen molar-refractivity contribution in [2.24, 2.45) is 5.41 Å².